The van der Waals surface area contributed by atoms with Crippen molar-refractivity contribution in [1.82, 2.24) is 9.78 Å². The van der Waals surface area contributed by atoms with Crippen LogP contribution in [0.1, 0.15) is 21.6 Å². The molecule has 2 aromatic rings. The number of nitrogens with zero attached hydrogens (tertiary/aromatic N) is 3. The van der Waals surface area contributed by atoms with Crippen LogP contribution in [0.25, 0.3) is 0 Å². The molecule has 0 fully saturated rings. The standard InChI is InChI=1S/C13H14N4O4/c1-8-9(7-15-16(8)2)6-14-10-3-4-12(17(20)21)11(5-10)13(18)19/h3-5,7,14H,6H2,1-2H3,(H,18,19). The first-order chi connectivity index (χ1) is 9.90. The number of nitrogens with one attached hydrogen (secondary N) is 1. The Morgan fingerprint density at radius 1 is 1.52 bits per heavy atom. The molecule has 21 heavy (non-hydrogen) atoms. The Bertz CT molecular complexity index is 708. The highest BCUT2D eigenvalue weighted by Crippen LogP contribution is 2.23. The van der Waals surface area contributed by atoms with Crippen molar-refractivity contribution in [2.24, 2.45) is 7.05 Å². The Morgan fingerprint density at radius 2 is 2.24 bits per heavy atom. The number of rotatable bonds is 5. The number of anilines is 1. The van der Waals surface area contributed by atoms with Gasteiger partial charge in [-0.1, -0.05) is 0 Å². The molecule has 0 spiro atoms. The number of aryl methyl sites for hydroxylation is 1. The maximum absolute atomic E-state index is 11.1. The Kier molecular flexibility index (Phi) is 3.88. The number of hydrogen-bond acceptors (Lipinski definition) is 5. The second-order valence-corrected chi connectivity index (χ2v) is 4.53. The average molecular weight is 290 g/mol. The minimum Gasteiger partial charge on any atom is -0.477 e. The molecular weight excluding hydrogens is 276 g/mol. The van der Waals surface area contributed by atoms with Crippen molar-refractivity contribution in [2.75, 3.05) is 5.32 Å². The fourth-order valence-corrected chi connectivity index (χ4v) is 1.89. The summed E-state index contributed by atoms with van der Waals surface area (Å²) < 4.78 is 1.73. The lowest BCUT2D eigenvalue weighted by Gasteiger charge is -2.07. The van der Waals surface area contributed by atoms with Gasteiger partial charge in [-0.15, -0.1) is 0 Å². The number of hydrogen-bond donors (Lipinski definition) is 2. The first-order valence-corrected chi connectivity index (χ1v) is 6.13. The molecule has 0 unspecified atom stereocenters. The van der Waals surface area contributed by atoms with E-state index in [1.54, 1.807) is 10.9 Å². The van der Waals surface area contributed by atoms with Gasteiger partial charge in [-0.05, 0) is 19.1 Å². The fraction of sp³-hybridized carbons (Fsp3) is 0.231. The lowest BCUT2D eigenvalue weighted by atomic mass is 10.1. The number of nitro groups is 1. The molecule has 0 bridgehead atoms. The van der Waals surface area contributed by atoms with Gasteiger partial charge >= 0.3 is 5.97 Å². The molecule has 1 heterocycles. The molecule has 0 radical (unpaired) electrons. The van der Waals surface area contributed by atoms with E-state index in [1.165, 1.54) is 18.2 Å². The van der Waals surface area contributed by atoms with Crippen molar-refractivity contribution in [3.05, 3.63) is 51.3 Å². The number of aromatic nitrogens is 2. The first kappa shape index (κ1) is 14.5. The average Bonchev–Trinajstić information content (AvgIpc) is 2.76. The smallest absolute Gasteiger partial charge is 0.342 e. The summed E-state index contributed by atoms with van der Waals surface area (Å²) in [6.07, 6.45) is 1.71. The van der Waals surface area contributed by atoms with Crippen molar-refractivity contribution in [1.29, 1.82) is 0 Å². The van der Waals surface area contributed by atoms with Crippen LogP contribution in [0.4, 0.5) is 11.4 Å². The highest BCUT2D eigenvalue weighted by molar-refractivity contribution is 5.93. The molecule has 0 aliphatic carbocycles. The van der Waals surface area contributed by atoms with Crippen LogP contribution in [0.2, 0.25) is 0 Å². The van der Waals surface area contributed by atoms with Crippen LogP contribution in [0.5, 0.6) is 0 Å². The molecule has 0 aliphatic heterocycles. The van der Waals surface area contributed by atoms with Crippen LogP contribution in [-0.4, -0.2) is 25.8 Å². The zero-order valence-electron chi connectivity index (χ0n) is 11.5. The second kappa shape index (κ2) is 5.61. The number of nitro benzene ring substituents is 1. The summed E-state index contributed by atoms with van der Waals surface area (Å²) in [5.41, 5.74) is 1.69. The van der Waals surface area contributed by atoms with Crippen LogP contribution in [-0.2, 0) is 13.6 Å². The largest absolute Gasteiger partial charge is 0.477 e. The van der Waals surface area contributed by atoms with Gasteiger partial charge in [0.1, 0.15) is 5.56 Å². The van der Waals surface area contributed by atoms with Crippen LogP contribution in [0, 0.1) is 17.0 Å². The third kappa shape index (κ3) is 2.99. The monoisotopic (exact) mass is 290 g/mol. The summed E-state index contributed by atoms with van der Waals surface area (Å²) in [7, 11) is 1.83. The van der Waals surface area contributed by atoms with E-state index in [-0.39, 0.29) is 5.56 Å². The second-order valence-electron chi connectivity index (χ2n) is 4.53. The normalized spacial score (nSPS) is 10.4. The highest BCUT2D eigenvalue weighted by atomic mass is 16.6. The van der Waals surface area contributed by atoms with Crippen molar-refractivity contribution in [2.45, 2.75) is 13.5 Å². The van der Waals surface area contributed by atoms with Gasteiger partial charge < -0.3 is 10.4 Å². The highest BCUT2D eigenvalue weighted by Gasteiger charge is 2.19. The molecule has 0 amide bonds. The Morgan fingerprint density at radius 3 is 2.76 bits per heavy atom. The van der Waals surface area contributed by atoms with E-state index in [0.717, 1.165) is 11.3 Å². The van der Waals surface area contributed by atoms with Gasteiger partial charge in [-0.3, -0.25) is 14.8 Å². The Hall–Kier alpha value is -2.90. The number of carboxylic acid groups (broad SMARTS) is 1. The van der Waals surface area contributed by atoms with Crippen molar-refractivity contribution in [3.63, 3.8) is 0 Å². The van der Waals surface area contributed by atoms with Crippen LogP contribution >= 0.6 is 0 Å². The molecule has 1 aromatic heterocycles. The maximum Gasteiger partial charge on any atom is 0.342 e. The fourth-order valence-electron chi connectivity index (χ4n) is 1.89. The van der Waals surface area contributed by atoms with E-state index in [9.17, 15) is 14.9 Å². The minimum atomic E-state index is -1.33. The number of carboxylic acids is 1. The molecule has 8 nitrogen and oxygen atoms in total. The number of benzene rings is 1. The lowest BCUT2D eigenvalue weighted by Crippen LogP contribution is -2.06. The molecule has 2 N–H and O–H groups in total. The van der Waals surface area contributed by atoms with E-state index in [0.29, 0.717) is 12.2 Å². The molecule has 0 saturated heterocycles. The predicted molar refractivity (Wildman–Crippen MR) is 75.3 cm³/mol. The number of aromatic carboxylic acids is 1. The summed E-state index contributed by atoms with van der Waals surface area (Å²) in [6, 6.07) is 3.92. The topological polar surface area (TPSA) is 110 Å². The summed E-state index contributed by atoms with van der Waals surface area (Å²) in [6.45, 7) is 2.37. The van der Waals surface area contributed by atoms with E-state index >= 15 is 0 Å². The summed E-state index contributed by atoms with van der Waals surface area (Å²) >= 11 is 0. The van der Waals surface area contributed by atoms with E-state index < -0.39 is 16.6 Å². The summed E-state index contributed by atoms with van der Waals surface area (Å²) in [5, 5.41) is 26.9. The molecule has 0 atom stereocenters. The van der Waals surface area contributed by atoms with Crippen molar-refractivity contribution < 1.29 is 14.8 Å². The Labute approximate surface area is 120 Å². The van der Waals surface area contributed by atoms with Gasteiger partial charge in [-0.25, -0.2) is 4.79 Å². The van der Waals surface area contributed by atoms with Gasteiger partial charge in [0, 0.05) is 36.6 Å². The molecular formula is C13H14N4O4. The Balaban J connectivity index is 2.21. The molecule has 0 aliphatic rings. The summed E-state index contributed by atoms with van der Waals surface area (Å²) in [4.78, 5) is 21.1. The maximum atomic E-state index is 11.1. The third-order valence-corrected chi connectivity index (χ3v) is 3.24. The van der Waals surface area contributed by atoms with Gasteiger partial charge in [0.05, 0.1) is 11.1 Å². The minimum absolute atomic E-state index is 0.340. The molecule has 0 saturated carbocycles. The van der Waals surface area contributed by atoms with Gasteiger partial charge in [-0.2, -0.15) is 5.10 Å². The van der Waals surface area contributed by atoms with Crippen LogP contribution in [0.15, 0.2) is 24.4 Å². The molecule has 1 aromatic carbocycles. The predicted octanol–water partition coefficient (Wildman–Crippen LogP) is 1.95. The first-order valence-electron chi connectivity index (χ1n) is 6.13. The third-order valence-electron chi connectivity index (χ3n) is 3.24. The summed E-state index contributed by atoms with van der Waals surface area (Å²) in [5.74, 6) is -1.33. The van der Waals surface area contributed by atoms with E-state index in [1.807, 2.05) is 14.0 Å². The van der Waals surface area contributed by atoms with Gasteiger partial charge in [0.15, 0.2) is 0 Å². The quantitative estimate of drug-likeness (QED) is 0.643. The molecule has 110 valence electrons. The lowest BCUT2D eigenvalue weighted by molar-refractivity contribution is -0.385. The molecule has 8 heteroatoms. The van der Waals surface area contributed by atoms with Gasteiger partial charge in [0.25, 0.3) is 5.69 Å². The van der Waals surface area contributed by atoms with Crippen LogP contribution in [0.3, 0.4) is 0 Å². The van der Waals surface area contributed by atoms with Crippen molar-refractivity contribution >= 4 is 17.3 Å². The zero-order chi connectivity index (χ0) is 15.6. The SMILES string of the molecule is Cc1c(CNc2ccc([N+](=O)[O-])c(C(=O)O)c2)cnn1C. The van der Waals surface area contributed by atoms with E-state index in [2.05, 4.69) is 10.4 Å². The number of carbonyl (C=O) groups is 1. The van der Waals surface area contributed by atoms with E-state index in [4.69, 9.17) is 5.11 Å². The van der Waals surface area contributed by atoms with Crippen LogP contribution < -0.4 is 5.32 Å². The zero-order valence-corrected chi connectivity index (χ0v) is 11.5. The van der Waals surface area contributed by atoms with Crippen molar-refractivity contribution in [3.8, 4) is 0 Å². The molecule has 2 rings (SSSR count). The van der Waals surface area contributed by atoms with Gasteiger partial charge in [0.2, 0.25) is 0 Å².